The number of aromatic nitrogens is 4. The molecule has 282 valence electrons. The van der Waals surface area contributed by atoms with Crippen LogP contribution in [0, 0.1) is 36.5 Å². The average Bonchev–Trinajstić information content (AvgIpc) is 3.59. The molecule has 0 spiro atoms. The first-order valence-corrected chi connectivity index (χ1v) is 20.1. The number of allylic oxidation sites excluding steroid dienone is 2. The fourth-order valence-corrected chi connectivity index (χ4v) is 9.05. The number of hydrogen-bond acceptors (Lipinski definition) is 3. The van der Waals surface area contributed by atoms with E-state index in [4.69, 9.17) is 14.8 Å². The second kappa shape index (κ2) is 14.2. The third kappa shape index (κ3) is 7.14. The number of pyridine rings is 1. The molecule has 3 aromatic heterocycles. The lowest BCUT2D eigenvalue weighted by molar-refractivity contribution is 0.180. The fraction of sp³-hybridized carbons (Fsp3) is 0.429. The van der Waals surface area contributed by atoms with Gasteiger partial charge in [-0.2, -0.15) is 5.10 Å². The van der Waals surface area contributed by atoms with Gasteiger partial charge in [0.2, 0.25) is 0 Å². The zero-order valence-electron chi connectivity index (χ0n) is 34.7. The van der Waals surface area contributed by atoms with Crippen LogP contribution >= 0.6 is 0 Å². The van der Waals surface area contributed by atoms with Crippen LogP contribution in [0.4, 0.5) is 0 Å². The molecular formula is C49H60N4O. The van der Waals surface area contributed by atoms with Crippen LogP contribution in [0.1, 0.15) is 122 Å². The van der Waals surface area contributed by atoms with Gasteiger partial charge in [0.05, 0.1) is 22.4 Å². The minimum atomic E-state index is 0.0773. The van der Waals surface area contributed by atoms with Crippen molar-refractivity contribution in [3.05, 3.63) is 119 Å². The molecule has 6 aromatic rings. The van der Waals surface area contributed by atoms with Gasteiger partial charge in [-0.25, -0.2) is 9.67 Å². The van der Waals surface area contributed by atoms with Gasteiger partial charge < -0.3 is 4.74 Å². The minimum Gasteiger partial charge on any atom is -0.457 e. The number of benzene rings is 3. The fourth-order valence-electron chi connectivity index (χ4n) is 9.05. The highest BCUT2D eigenvalue weighted by Crippen LogP contribution is 2.53. The molecule has 5 heteroatoms. The van der Waals surface area contributed by atoms with E-state index in [9.17, 15) is 0 Å². The third-order valence-electron chi connectivity index (χ3n) is 11.6. The van der Waals surface area contributed by atoms with E-state index in [1.165, 1.54) is 39.6 Å². The molecule has 1 aliphatic carbocycles. The summed E-state index contributed by atoms with van der Waals surface area (Å²) >= 11 is 0. The normalized spacial score (nSPS) is 16.9. The quantitative estimate of drug-likeness (QED) is 0.147. The van der Waals surface area contributed by atoms with E-state index < -0.39 is 0 Å². The Labute approximate surface area is 323 Å². The molecule has 3 heterocycles. The Morgan fingerprint density at radius 1 is 0.815 bits per heavy atom. The van der Waals surface area contributed by atoms with Crippen LogP contribution < -0.4 is 4.74 Å². The zero-order chi connectivity index (χ0) is 38.7. The Hall–Kier alpha value is -4.64. The summed E-state index contributed by atoms with van der Waals surface area (Å²) in [7, 11) is 0. The first-order valence-electron chi connectivity index (χ1n) is 20.1. The van der Waals surface area contributed by atoms with Crippen molar-refractivity contribution in [2.24, 2.45) is 22.7 Å². The van der Waals surface area contributed by atoms with Crippen molar-refractivity contribution in [2.75, 3.05) is 0 Å². The second-order valence-corrected chi connectivity index (χ2v) is 18.6. The maximum absolute atomic E-state index is 6.84. The van der Waals surface area contributed by atoms with Crippen molar-refractivity contribution in [1.29, 1.82) is 0 Å². The van der Waals surface area contributed by atoms with Gasteiger partial charge in [-0.05, 0) is 115 Å². The van der Waals surface area contributed by atoms with E-state index in [2.05, 4.69) is 171 Å². The summed E-state index contributed by atoms with van der Waals surface area (Å²) in [5, 5.41) is 7.68. The highest BCUT2D eigenvalue weighted by Gasteiger charge is 2.42. The molecule has 1 aliphatic rings. The Balaban J connectivity index is 1.32. The minimum absolute atomic E-state index is 0.0773. The van der Waals surface area contributed by atoms with Gasteiger partial charge >= 0.3 is 0 Å². The summed E-state index contributed by atoms with van der Waals surface area (Å²) in [4.78, 5) is 4.88. The topological polar surface area (TPSA) is 44.9 Å². The Bertz CT molecular complexity index is 2350. The molecule has 1 unspecified atom stereocenters. The number of nitrogens with zero attached hydrogens (tertiary/aromatic N) is 4. The van der Waals surface area contributed by atoms with Gasteiger partial charge in [-0.1, -0.05) is 99.1 Å². The zero-order valence-corrected chi connectivity index (χ0v) is 34.7. The molecule has 0 bridgehead atoms. The van der Waals surface area contributed by atoms with E-state index in [1.807, 2.05) is 6.20 Å². The summed E-state index contributed by atoms with van der Waals surface area (Å²) in [6, 6.07) is 26.1. The van der Waals surface area contributed by atoms with E-state index >= 15 is 0 Å². The number of fused-ring (bicyclic) bond motifs is 3. The van der Waals surface area contributed by atoms with Crippen LogP contribution in [0.3, 0.4) is 0 Å². The maximum Gasteiger partial charge on any atom is 0.137 e. The van der Waals surface area contributed by atoms with E-state index in [0.29, 0.717) is 23.7 Å². The van der Waals surface area contributed by atoms with Crippen molar-refractivity contribution in [1.82, 2.24) is 19.3 Å². The molecule has 3 aromatic carbocycles. The molecule has 0 saturated heterocycles. The van der Waals surface area contributed by atoms with Crippen LogP contribution in [0.2, 0.25) is 0 Å². The predicted molar refractivity (Wildman–Crippen MR) is 227 cm³/mol. The van der Waals surface area contributed by atoms with Crippen molar-refractivity contribution in [2.45, 2.75) is 114 Å². The molecule has 0 aliphatic heterocycles. The van der Waals surface area contributed by atoms with E-state index in [-0.39, 0.29) is 10.8 Å². The average molecular weight is 721 g/mol. The molecule has 5 nitrogen and oxygen atoms in total. The third-order valence-corrected chi connectivity index (χ3v) is 11.6. The monoisotopic (exact) mass is 720 g/mol. The summed E-state index contributed by atoms with van der Waals surface area (Å²) in [5.74, 6) is 4.28. The predicted octanol–water partition coefficient (Wildman–Crippen LogP) is 13.6. The van der Waals surface area contributed by atoms with E-state index in [0.717, 1.165) is 52.6 Å². The van der Waals surface area contributed by atoms with Crippen LogP contribution in [0.25, 0.3) is 33.3 Å². The lowest BCUT2D eigenvalue weighted by Gasteiger charge is -2.45. The molecule has 0 N–H and O–H groups in total. The van der Waals surface area contributed by atoms with Crippen molar-refractivity contribution in [3.63, 3.8) is 0 Å². The summed E-state index contributed by atoms with van der Waals surface area (Å²) in [6.07, 6.45) is 7.82. The van der Waals surface area contributed by atoms with Crippen molar-refractivity contribution in [3.8, 4) is 23.0 Å². The first kappa shape index (κ1) is 37.7. The van der Waals surface area contributed by atoms with Gasteiger partial charge in [0.1, 0.15) is 17.3 Å². The van der Waals surface area contributed by atoms with Gasteiger partial charge in [0.15, 0.2) is 0 Å². The lowest BCUT2D eigenvalue weighted by Crippen LogP contribution is -2.34. The standard InChI is InChI=1S/C49H60N4O/c1-30(2)24-34-22-23-50-45(25-34)52-43-19-14-13-16-39(43)40-21-20-37(29-44(40)52)54-38-27-35(31(3)4)26-36(28-38)53-33(6)46(32(5)51-53)47-41(48(7,8)9)17-15-18-42(47)49(10,11)12/h13-14,16-17,19-23,25-31,42,47H,15,18,24H2,1-12H3/t42?,47-/m0/s1. The second-order valence-electron chi connectivity index (χ2n) is 18.6. The van der Waals surface area contributed by atoms with E-state index in [1.54, 1.807) is 5.57 Å². The lowest BCUT2D eigenvalue weighted by atomic mass is 9.59. The molecule has 7 rings (SSSR count). The highest BCUT2D eigenvalue weighted by atomic mass is 16.5. The molecule has 0 saturated carbocycles. The van der Waals surface area contributed by atoms with Crippen molar-refractivity contribution < 1.29 is 4.74 Å². The largest absolute Gasteiger partial charge is 0.457 e. The van der Waals surface area contributed by atoms with Crippen LogP contribution in [0.15, 0.2) is 90.6 Å². The Kier molecular flexibility index (Phi) is 9.91. The smallest absolute Gasteiger partial charge is 0.137 e. The van der Waals surface area contributed by atoms with Crippen LogP contribution in [-0.4, -0.2) is 19.3 Å². The first-order chi connectivity index (χ1) is 25.5. The van der Waals surface area contributed by atoms with Crippen molar-refractivity contribution >= 4 is 21.8 Å². The molecule has 54 heavy (non-hydrogen) atoms. The van der Waals surface area contributed by atoms with Gasteiger partial charge in [-0.15, -0.1) is 0 Å². The Morgan fingerprint density at radius 3 is 2.26 bits per heavy atom. The molecule has 2 atom stereocenters. The van der Waals surface area contributed by atoms with Crippen LogP contribution in [-0.2, 0) is 6.42 Å². The number of ether oxygens (including phenoxy) is 1. The van der Waals surface area contributed by atoms with Gasteiger partial charge in [0, 0.05) is 46.3 Å². The summed E-state index contributed by atoms with van der Waals surface area (Å²) < 4.78 is 11.3. The number of para-hydroxylation sites is 1. The molecule has 0 radical (unpaired) electrons. The summed E-state index contributed by atoms with van der Waals surface area (Å²) in [5.41, 5.74) is 11.3. The maximum atomic E-state index is 6.84. The summed E-state index contributed by atoms with van der Waals surface area (Å²) in [6.45, 7) is 27.9. The van der Waals surface area contributed by atoms with Gasteiger partial charge in [-0.3, -0.25) is 4.57 Å². The number of aryl methyl sites for hydroxylation is 1. The number of hydrogen-bond donors (Lipinski definition) is 0. The number of rotatable bonds is 8. The highest BCUT2D eigenvalue weighted by molar-refractivity contribution is 6.09. The van der Waals surface area contributed by atoms with Crippen LogP contribution in [0.5, 0.6) is 11.5 Å². The molecule has 0 amide bonds. The SMILES string of the molecule is Cc1nn(-c2cc(Oc3ccc4c5ccccc5n(-c5cc(CC(C)C)ccn5)c4c3)cc(C(C)C)c2)c(C)c1[C@H]1C(C(C)(C)C)=CCCC1C(C)(C)C. The van der Waals surface area contributed by atoms with Gasteiger partial charge in [0.25, 0.3) is 0 Å². The molecule has 0 fully saturated rings. The Morgan fingerprint density at radius 2 is 1.56 bits per heavy atom. The molecular weight excluding hydrogens is 661 g/mol.